The van der Waals surface area contributed by atoms with Crippen LogP contribution < -0.4 is 9.80 Å². The summed E-state index contributed by atoms with van der Waals surface area (Å²) in [4.78, 5) is 4.82. The highest BCUT2D eigenvalue weighted by molar-refractivity contribution is 5.90. The van der Waals surface area contributed by atoms with Gasteiger partial charge in [-0.25, -0.2) is 0 Å². The van der Waals surface area contributed by atoms with Gasteiger partial charge in [0.15, 0.2) is 0 Å². The van der Waals surface area contributed by atoms with E-state index in [2.05, 4.69) is 230 Å². The van der Waals surface area contributed by atoms with E-state index in [1.165, 1.54) is 55.9 Å². The highest BCUT2D eigenvalue weighted by Gasteiger charge is 2.38. The Bertz CT molecular complexity index is 2410. The van der Waals surface area contributed by atoms with Crippen LogP contribution in [0, 0.1) is 0 Å². The molecule has 1 aliphatic heterocycles. The Morgan fingerprint density at radius 1 is 0.340 bits per heavy atom. The number of anilines is 6. The molecule has 0 fully saturated rings. The van der Waals surface area contributed by atoms with Crippen molar-refractivity contribution in [3.05, 3.63) is 217 Å². The van der Waals surface area contributed by atoms with Gasteiger partial charge in [0.25, 0.3) is 0 Å². The van der Waals surface area contributed by atoms with Gasteiger partial charge in [0.1, 0.15) is 0 Å². The molecular formula is C51H40N2. The van der Waals surface area contributed by atoms with E-state index in [1.807, 2.05) is 0 Å². The summed E-state index contributed by atoms with van der Waals surface area (Å²) in [5.74, 6) is 0. The van der Waals surface area contributed by atoms with Crippen molar-refractivity contribution in [2.45, 2.75) is 19.3 Å². The molecule has 1 heterocycles. The fourth-order valence-corrected chi connectivity index (χ4v) is 7.84. The minimum atomic E-state index is -0.281. The minimum Gasteiger partial charge on any atom is -0.310 e. The maximum Gasteiger partial charge on any atom is 0.0504 e. The van der Waals surface area contributed by atoms with Crippen LogP contribution >= 0.6 is 0 Å². The van der Waals surface area contributed by atoms with E-state index >= 15 is 0 Å². The molecule has 254 valence electrons. The summed E-state index contributed by atoms with van der Waals surface area (Å²) in [5, 5.41) is 0. The first kappa shape index (κ1) is 32.3. The predicted octanol–water partition coefficient (Wildman–Crippen LogP) is 14.3. The summed E-state index contributed by atoms with van der Waals surface area (Å²) in [5.41, 5.74) is 16.5. The summed E-state index contributed by atoms with van der Waals surface area (Å²) in [6.07, 6.45) is 0. The average Bonchev–Trinajstić information content (AvgIpc) is 3.23. The second kappa shape index (κ2) is 13.5. The Morgan fingerprint density at radius 2 is 0.698 bits per heavy atom. The largest absolute Gasteiger partial charge is 0.310 e. The van der Waals surface area contributed by atoms with Crippen molar-refractivity contribution in [2.75, 3.05) is 9.80 Å². The number of hydrogen-bond donors (Lipinski definition) is 0. The Labute approximate surface area is 312 Å². The first-order valence-electron chi connectivity index (χ1n) is 18.4. The van der Waals surface area contributed by atoms with Crippen molar-refractivity contribution in [3.63, 3.8) is 0 Å². The van der Waals surface area contributed by atoms with Crippen molar-refractivity contribution in [3.8, 4) is 33.4 Å². The van der Waals surface area contributed by atoms with Gasteiger partial charge in [-0.3, -0.25) is 0 Å². The SMILES string of the molecule is CC1(C)c2cc(-c3ccccc3)ccc2N(c2ccccc2)c2ccc(N(c3ccc(-c4ccccc4)cc3)c3ccc(-c4ccccc4)cc3)cc21. The van der Waals surface area contributed by atoms with Gasteiger partial charge in [0, 0.05) is 28.2 Å². The standard InChI is InChI=1S/C51H40N2/c1-51(2)47-35-42(39-19-11-5-12-20-39)27-33-49(47)53(43-21-13-6-14-22-43)50-34-32-46(36-48(50)51)52(44-28-23-40(24-29-44)37-15-7-3-8-16-37)45-30-25-41(26-31-45)38-17-9-4-10-18-38/h3-36H,1-2H3. The molecule has 0 N–H and O–H groups in total. The van der Waals surface area contributed by atoms with Crippen molar-refractivity contribution < 1.29 is 0 Å². The van der Waals surface area contributed by atoms with E-state index < -0.39 is 0 Å². The monoisotopic (exact) mass is 680 g/mol. The van der Waals surface area contributed by atoms with E-state index in [0.29, 0.717) is 0 Å². The number of fused-ring (bicyclic) bond motifs is 2. The van der Waals surface area contributed by atoms with Crippen LogP contribution in [-0.2, 0) is 5.41 Å². The Kier molecular flexibility index (Phi) is 8.21. The highest BCUT2D eigenvalue weighted by Crippen LogP contribution is 2.54. The summed E-state index contributed by atoms with van der Waals surface area (Å²) in [6.45, 7) is 4.75. The van der Waals surface area contributed by atoms with Crippen LogP contribution in [0.25, 0.3) is 33.4 Å². The van der Waals surface area contributed by atoms with Crippen LogP contribution in [0.5, 0.6) is 0 Å². The third-order valence-electron chi connectivity index (χ3n) is 10.7. The number of rotatable bonds is 7. The lowest BCUT2D eigenvalue weighted by atomic mass is 9.72. The van der Waals surface area contributed by atoms with Crippen LogP contribution in [0.15, 0.2) is 206 Å². The van der Waals surface area contributed by atoms with E-state index in [-0.39, 0.29) is 5.41 Å². The third kappa shape index (κ3) is 5.99. The zero-order valence-electron chi connectivity index (χ0n) is 30.0. The number of benzene rings is 8. The zero-order valence-corrected chi connectivity index (χ0v) is 30.0. The van der Waals surface area contributed by atoms with E-state index in [9.17, 15) is 0 Å². The first-order chi connectivity index (χ1) is 26.0. The maximum absolute atomic E-state index is 2.43. The van der Waals surface area contributed by atoms with Crippen LogP contribution in [-0.4, -0.2) is 0 Å². The summed E-state index contributed by atoms with van der Waals surface area (Å²) in [6, 6.07) is 74.5. The van der Waals surface area contributed by atoms with Gasteiger partial charge in [0.05, 0.1) is 11.4 Å². The van der Waals surface area contributed by atoms with E-state index in [0.717, 1.165) is 22.7 Å². The van der Waals surface area contributed by atoms with Crippen molar-refractivity contribution in [1.82, 2.24) is 0 Å². The quantitative estimate of drug-likeness (QED) is 0.165. The lowest BCUT2D eigenvalue weighted by molar-refractivity contribution is 0.632. The van der Waals surface area contributed by atoms with Crippen LogP contribution in [0.3, 0.4) is 0 Å². The fourth-order valence-electron chi connectivity index (χ4n) is 7.84. The molecule has 0 aromatic heterocycles. The lowest BCUT2D eigenvalue weighted by Crippen LogP contribution is -2.31. The number of nitrogens with zero attached hydrogens (tertiary/aromatic N) is 2. The molecule has 0 amide bonds. The molecule has 0 unspecified atom stereocenters. The molecule has 0 radical (unpaired) electrons. The Morgan fingerprint density at radius 3 is 1.19 bits per heavy atom. The van der Waals surface area contributed by atoms with Gasteiger partial charge in [-0.1, -0.05) is 153 Å². The molecule has 8 aromatic carbocycles. The molecule has 0 atom stereocenters. The smallest absolute Gasteiger partial charge is 0.0504 e. The molecule has 2 nitrogen and oxygen atoms in total. The Hall–Kier alpha value is -6.64. The number of para-hydroxylation sites is 1. The van der Waals surface area contributed by atoms with Crippen LogP contribution in [0.4, 0.5) is 34.1 Å². The molecule has 0 aliphatic carbocycles. The van der Waals surface area contributed by atoms with Gasteiger partial charge in [-0.15, -0.1) is 0 Å². The summed E-state index contributed by atoms with van der Waals surface area (Å²) >= 11 is 0. The highest BCUT2D eigenvalue weighted by atomic mass is 15.2. The second-order valence-corrected chi connectivity index (χ2v) is 14.3. The molecule has 0 saturated heterocycles. The van der Waals surface area contributed by atoms with Gasteiger partial charge >= 0.3 is 0 Å². The maximum atomic E-state index is 2.43. The molecular weight excluding hydrogens is 641 g/mol. The second-order valence-electron chi connectivity index (χ2n) is 14.3. The van der Waals surface area contributed by atoms with Gasteiger partial charge < -0.3 is 9.80 Å². The molecule has 53 heavy (non-hydrogen) atoms. The molecule has 0 spiro atoms. The zero-order chi connectivity index (χ0) is 35.8. The molecule has 0 bridgehead atoms. The first-order valence-corrected chi connectivity index (χ1v) is 18.4. The molecule has 8 aromatic rings. The topological polar surface area (TPSA) is 6.48 Å². The third-order valence-corrected chi connectivity index (χ3v) is 10.7. The summed E-state index contributed by atoms with van der Waals surface area (Å²) < 4.78 is 0. The fraction of sp³-hybridized carbons (Fsp3) is 0.0588. The number of hydrogen-bond acceptors (Lipinski definition) is 2. The molecule has 0 saturated carbocycles. The molecule has 2 heteroatoms. The van der Waals surface area contributed by atoms with Gasteiger partial charge in [-0.2, -0.15) is 0 Å². The van der Waals surface area contributed by atoms with Crippen molar-refractivity contribution in [1.29, 1.82) is 0 Å². The average molecular weight is 681 g/mol. The predicted molar refractivity (Wildman–Crippen MR) is 224 cm³/mol. The van der Waals surface area contributed by atoms with E-state index in [1.54, 1.807) is 0 Å². The molecule has 1 aliphatic rings. The normalized spacial score (nSPS) is 12.8. The van der Waals surface area contributed by atoms with Gasteiger partial charge in [0.2, 0.25) is 0 Å². The summed E-state index contributed by atoms with van der Waals surface area (Å²) in [7, 11) is 0. The van der Waals surface area contributed by atoms with E-state index in [4.69, 9.17) is 0 Å². The van der Waals surface area contributed by atoms with Gasteiger partial charge in [-0.05, 0) is 111 Å². The van der Waals surface area contributed by atoms with Crippen LogP contribution in [0.1, 0.15) is 25.0 Å². The van der Waals surface area contributed by atoms with Crippen molar-refractivity contribution in [2.24, 2.45) is 0 Å². The lowest BCUT2D eigenvalue weighted by Gasteiger charge is -2.43. The molecule has 9 rings (SSSR count). The van der Waals surface area contributed by atoms with Crippen molar-refractivity contribution >= 4 is 34.1 Å². The minimum absolute atomic E-state index is 0.281. The Balaban J connectivity index is 1.20. The van der Waals surface area contributed by atoms with Crippen LogP contribution in [0.2, 0.25) is 0 Å².